The molecule has 1 aliphatic heterocycles. The highest BCUT2D eigenvalue weighted by atomic mass is 79.9. The maximum absolute atomic E-state index is 10.8. The van der Waals surface area contributed by atoms with E-state index in [2.05, 4.69) is 20.8 Å². The molecule has 0 unspecified atom stereocenters. The van der Waals surface area contributed by atoms with Crippen LogP contribution in [0.5, 0.6) is 0 Å². The van der Waals surface area contributed by atoms with Crippen LogP contribution in [0.3, 0.4) is 0 Å². The molecule has 1 saturated heterocycles. The van der Waals surface area contributed by atoms with E-state index in [0.717, 1.165) is 24.1 Å². The van der Waals surface area contributed by atoms with Gasteiger partial charge in [-0.3, -0.25) is 0 Å². The molecule has 0 radical (unpaired) electrons. The Hall–Kier alpha value is -0.810. The summed E-state index contributed by atoms with van der Waals surface area (Å²) in [6, 6.07) is 1.65. The lowest BCUT2D eigenvalue weighted by molar-refractivity contribution is 0.0697. The van der Waals surface area contributed by atoms with E-state index in [9.17, 15) is 4.79 Å². The van der Waals surface area contributed by atoms with E-state index in [0.29, 0.717) is 5.56 Å². The fourth-order valence-corrected chi connectivity index (χ4v) is 2.76. The van der Waals surface area contributed by atoms with Gasteiger partial charge in [-0.1, -0.05) is 0 Å². The Labute approximate surface area is 109 Å². The number of halogens is 1. The van der Waals surface area contributed by atoms with Gasteiger partial charge < -0.3 is 14.6 Å². The van der Waals surface area contributed by atoms with Crippen molar-refractivity contribution in [3.8, 4) is 0 Å². The van der Waals surface area contributed by atoms with Crippen LogP contribution in [0.15, 0.2) is 16.9 Å². The summed E-state index contributed by atoms with van der Waals surface area (Å²) in [6.07, 6.45) is 5.38. The molecule has 0 atom stereocenters. The molecule has 0 amide bonds. The number of carbonyl (C=O) groups is 1. The summed E-state index contributed by atoms with van der Waals surface area (Å²) in [4.78, 5) is 13.3. The summed E-state index contributed by atoms with van der Waals surface area (Å²) in [5, 5.41) is 8.88. The number of aryl methyl sites for hydroxylation is 1. The van der Waals surface area contributed by atoms with E-state index >= 15 is 0 Å². The Morgan fingerprint density at radius 2 is 2.06 bits per heavy atom. The van der Waals surface area contributed by atoms with Crippen LogP contribution in [-0.4, -0.2) is 40.2 Å². The minimum atomic E-state index is -0.871. The van der Waals surface area contributed by atoms with Crippen molar-refractivity contribution in [1.29, 1.82) is 0 Å². The number of likely N-dealkylation sites (tertiary alicyclic amines) is 1. The first kappa shape index (κ1) is 12.6. The second-order valence-electron chi connectivity index (χ2n) is 4.45. The number of carboxylic acids is 1. The van der Waals surface area contributed by atoms with E-state index in [-0.39, 0.29) is 0 Å². The van der Waals surface area contributed by atoms with Gasteiger partial charge in [-0.05, 0) is 60.9 Å². The standard InChI is InChI=1S/C12H17BrN2O2/c13-11-8-10(12(16)17)9-15(11)7-3-6-14-4-1-2-5-14/h8-9H,1-7H2,(H,16,17). The molecule has 1 fully saturated rings. The number of carboxylic acid groups (broad SMARTS) is 1. The van der Waals surface area contributed by atoms with Crippen LogP contribution in [-0.2, 0) is 6.54 Å². The van der Waals surface area contributed by atoms with E-state index in [1.54, 1.807) is 12.3 Å². The average Bonchev–Trinajstić information content (AvgIpc) is 2.89. The van der Waals surface area contributed by atoms with Crippen LogP contribution in [0.25, 0.3) is 0 Å². The highest BCUT2D eigenvalue weighted by Gasteiger charge is 2.12. The summed E-state index contributed by atoms with van der Waals surface area (Å²) >= 11 is 3.39. The fraction of sp³-hybridized carbons (Fsp3) is 0.583. The van der Waals surface area contributed by atoms with Crippen molar-refractivity contribution >= 4 is 21.9 Å². The molecule has 1 aliphatic rings. The zero-order valence-corrected chi connectivity index (χ0v) is 11.3. The highest BCUT2D eigenvalue weighted by molar-refractivity contribution is 9.10. The van der Waals surface area contributed by atoms with Crippen molar-refractivity contribution in [2.75, 3.05) is 19.6 Å². The third-order valence-corrected chi connectivity index (χ3v) is 3.85. The van der Waals surface area contributed by atoms with Crippen LogP contribution in [0.2, 0.25) is 0 Å². The Morgan fingerprint density at radius 1 is 1.35 bits per heavy atom. The monoisotopic (exact) mass is 300 g/mol. The first-order valence-corrected chi connectivity index (χ1v) is 6.77. The number of hydrogen-bond acceptors (Lipinski definition) is 2. The Kier molecular flexibility index (Phi) is 4.23. The first-order chi connectivity index (χ1) is 8.16. The predicted octanol–water partition coefficient (Wildman–Crippen LogP) is 2.43. The second-order valence-corrected chi connectivity index (χ2v) is 5.26. The summed E-state index contributed by atoms with van der Waals surface area (Å²) in [6.45, 7) is 4.40. The minimum Gasteiger partial charge on any atom is -0.478 e. The fourth-order valence-electron chi connectivity index (χ4n) is 2.24. The molecule has 0 aliphatic carbocycles. The number of aromatic carboxylic acids is 1. The van der Waals surface area contributed by atoms with E-state index in [4.69, 9.17) is 5.11 Å². The van der Waals surface area contributed by atoms with Gasteiger partial charge in [0, 0.05) is 12.7 Å². The first-order valence-electron chi connectivity index (χ1n) is 5.98. The van der Waals surface area contributed by atoms with Gasteiger partial charge in [0.05, 0.1) is 10.2 Å². The SMILES string of the molecule is O=C(O)c1cc(Br)n(CCCN2CCCC2)c1. The van der Waals surface area contributed by atoms with Gasteiger partial charge in [-0.15, -0.1) is 0 Å². The minimum absolute atomic E-state index is 0.345. The van der Waals surface area contributed by atoms with E-state index < -0.39 is 5.97 Å². The van der Waals surface area contributed by atoms with Crippen LogP contribution in [0.1, 0.15) is 29.6 Å². The molecule has 1 aromatic rings. The molecule has 1 N–H and O–H groups in total. The van der Waals surface area contributed by atoms with Crippen molar-refractivity contribution in [1.82, 2.24) is 9.47 Å². The molecule has 4 nitrogen and oxygen atoms in total. The Bertz CT molecular complexity index is 397. The van der Waals surface area contributed by atoms with Gasteiger partial charge in [0.15, 0.2) is 0 Å². The Morgan fingerprint density at radius 3 is 2.65 bits per heavy atom. The van der Waals surface area contributed by atoms with Crippen LogP contribution in [0.4, 0.5) is 0 Å². The normalized spacial score (nSPS) is 16.5. The van der Waals surface area contributed by atoms with Crippen LogP contribution in [0, 0.1) is 0 Å². The molecule has 94 valence electrons. The van der Waals surface area contributed by atoms with Gasteiger partial charge in [-0.25, -0.2) is 4.79 Å². The van der Waals surface area contributed by atoms with Gasteiger partial charge >= 0.3 is 5.97 Å². The van der Waals surface area contributed by atoms with Crippen molar-refractivity contribution in [2.24, 2.45) is 0 Å². The summed E-state index contributed by atoms with van der Waals surface area (Å²) in [5.74, 6) is -0.871. The lowest BCUT2D eigenvalue weighted by Gasteiger charge is -2.14. The molecule has 0 aromatic carbocycles. The predicted molar refractivity (Wildman–Crippen MR) is 69.4 cm³/mol. The van der Waals surface area contributed by atoms with Crippen molar-refractivity contribution in [2.45, 2.75) is 25.8 Å². The van der Waals surface area contributed by atoms with Crippen LogP contribution < -0.4 is 0 Å². The summed E-state index contributed by atoms with van der Waals surface area (Å²) in [5.41, 5.74) is 0.345. The number of nitrogens with zero attached hydrogens (tertiary/aromatic N) is 2. The van der Waals surface area contributed by atoms with E-state index in [1.165, 1.54) is 25.9 Å². The van der Waals surface area contributed by atoms with Gasteiger partial charge in [0.1, 0.15) is 0 Å². The van der Waals surface area contributed by atoms with Gasteiger partial charge in [0.2, 0.25) is 0 Å². The smallest absolute Gasteiger partial charge is 0.337 e. The number of rotatable bonds is 5. The molecule has 0 saturated carbocycles. The molecular formula is C12H17BrN2O2. The molecule has 5 heteroatoms. The lowest BCUT2D eigenvalue weighted by Crippen LogP contribution is -2.21. The number of aromatic nitrogens is 1. The average molecular weight is 301 g/mol. The molecule has 17 heavy (non-hydrogen) atoms. The van der Waals surface area contributed by atoms with Crippen LogP contribution >= 0.6 is 15.9 Å². The second kappa shape index (κ2) is 5.69. The third-order valence-electron chi connectivity index (χ3n) is 3.16. The molecule has 2 heterocycles. The van der Waals surface area contributed by atoms with Crippen molar-refractivity contribution in [3.05, 3.63) is 22.4 Å². The topological polar surface area (TPSA) is 45.5 Å². The maximum Gasteiger partial charge on any atom is 0.337 e. The zero-order valence-electron chi connectivity index (χ0n) is 9.73. The van der Waals surface area contributed by atoms with Gasteiger partial charge in [0.25, 0.3) is 0 Å². The molecule has 2 rings (SSSR count). The largest absolute Gasteiger partial charge is 0.478 e. The van der Waals surface area contributed by atoms with E-state index in [1.807, 2.05) is 4.57 Å². The third kappa shape index (κ3) is 3.33. The molecular weight excluding hydrogens is 284 g/mol. The Balaban J connectivity index is 1.83. The van der Waals surface area contributed by atoms with Gasteiger partial charge in [-0.2, -0.15) is 0 Å². The number of hydrogen-bond donors (Lipinski definition) is 1. The zero-order chi connectivity index (χ0) is 12.3. The lowest BCUT2D eigenvalue weighted by atomic mass is 10.3. The maximum atomic E-state index is 10.8. The highest BCUT2D eigenvalue weighted by Crippen LogP contribution is 2.16. The van der Waals surface area contributed by atoms with Crippen molar-refractivity contribution in [3.63, 3.8) is 0 Å². The molecule has 0 spiro atoms. The molecule has 1 aromatic heterocycles. The molecule has 0 bridgehead atoms. The quantitative estimate of drug-likeness (QED) is 0.908. The van der Waals surface area contributed by atoms with Crippen molar-refractivity contribution < 1.29 is 9.90 Å². The summed E-state index contributed by atoms with van der Waals surface area (Å²) < 4.78 is 2.80. The summed E-state index contributed by atoms with van der Waals surface area (Å²) in [7, 11) is 0.